The first-order valence-corrected chi connectivity index (χ1v) is 10.3. The van der Waals surface area contributed by atoms with Gasteiger partial charge in [0.1, 0.15) is 17.8 Å². The van der Waals surface area contributed by atoms with E-state index in [0.717, 1.165) is 25.2 Å². The van der Waals surface area contributed by atoms with E-state index < -0.39 is 0 Å². The SMILES string of the molecule is CC(C)[C@H]1CN(c2ncc(-c3ccc(-c4cn5ncnc5cn4)cc3O)nn2)CCN1.Cl.Cl. The Hall–Kier alpha value is -3.08. The highest BCUT2D eigenvalue weighted by molar-refractivity contribution is 5.85. The molecule has 1 fully saturated rings. The predicted molar refractivity (Wildman–Crippen MR) is 130 cm³/mol. The van der Waals surface area contributed by atoms with Gasteiger partial charge in [-0.25, -0.2) is 14.5 Å². The first-order valence-electron chi connectivity index (χ1n) is 10.3. The van der Waals surface area contributed by atoms with Crippen molar-refractivity contribution >= 4 is 36.4 Å². The molecule has 0 bridgehead atoms. The first kappa shape index (κ1) is 24.6. The molecule has 1 saturated heterocycles. The molecule has 5 rings (SSSR count). The molecule has 0 radical (unpaired) electrons. The van der Waals surface area contributed by atoms with Crippen molar-refractivity contribution in [2.24, 2.45) is 5.92 Å². The largest absolute Gasteiger partial charge is 0.507 e. The Morgan fingerprint density at radius 2 is 1.91 bits per heavy atom. The molecule has 10 nitrogen and oxygen atoms in total. The van der Waals surface area contributed by atoms with Gasteiger partial charge in [0.05, 0.1) is 24.3 Å². The van der Waals surface area contributed by atoms with Gasteiger partial charge in [0.2, 0.25) is 5.95 Å². The van der Waals surface area contributed by atoms with Gasteiger partial charge < -0.3 is 15.3 Å². The van der Waals surface area contributed by atoms with Crippen molar-refractivity contribution in [1.82, 2.24) is 40.1 Å². The maximum absolute atomic E-state index is 10.6. The van der Waals surface area contributed by atoms with Crippen LogP contribution in [0, 0.1) is 5.92 Å². The number of anilines is 1. The number of piperazine rings is 1. The van der Waals surface area contributed by atoms with Gasteiger partial charge in [0.15, 0.2) is 5.65 Å². The lowest BCUT2D eigenvalue weighted by Crippen LogP contribution is -2.53. The van der Waals surface area contributed by atoms with Crippen LogP contribution in [-0.4, -0.2) is 65.5 Å². The lowest BCUT2D eigenvalue weighted by Gasteiger charge is -2.35. The zero-order valence-corrected chi connectivity index (χ0v) is 19.8. The molecule has 0 unspecified atom stereocenters. The molecule has 33 heavy (non-hydrogen) atoms. The van der Waals surface area contributed by atoms with Crippen molar-refractivity contribution < 1.29 is 5.11 Å². The van der Waals surface area contributed by atoms with E-state index in [4.69, 9.17) is 0 Å². The van der Waals surface area contributed by atoms with Crippen LogP contribution < -0.4 is 10.2 Å². The van der Waals surface area contributed by atoms with Gasteiger partial charge >= 0.3 is 0 Å². The number of phenols is 1. The summed E-state index contributed by atoms with van der Waals surface area (Å²) in [6, 6.07) is 5.72. The van der Waals surface area contributed by atoms with Crippen LogP contribution in [0.5, 0.6) is 5.75 Å². The number of aromatic nitrogens is 7. The maximum atomic E-state index is 10.6. The number of halogens is 2. The van der Waals surface area contributed by atoms with Gasteiger partial charge in [-0.05, 0) is 18.1 Å². The van der Waals surface area contributed by atoms with E-state index in [-0.39, 0.29) is 30.6 Å². The highest BCUT2D eigenvalue weighted by Crippen LogP contribution is 2.31. The number of phenolic OH excluding ortho intramolecular Hbond substituents is 1. The summed E-state index contributed by atoms with van der Waals surface area (Å²) in [4.78, 5) is 15.1. The van der Waals surface area contributed by atoms with Crippen LogP contribution in [0.4, 0.5) is 5.95 Å². The van der Waals surface area contributed by atoms with Crippen molar-refractivity contribution in [3.8, 4) is 28.3 Å². The van der Waals surface area contributed by atoms with E-state index in [1.165, 1.54) is 6.33 Å². The molecule has 0 spiro atoms. The van der Waals surface area contributed by atoms with Crippen molar-refractivity contribution in [2.75, 3.05) is 24.5 Å². The Bertz CT molecular complexity index is 1220. The van der Waals surface area contributed by atoms with E-state index in [1.54, 1.807) is 35.2 Å². The number of nitrogens with one attached hydrogen (secondary N) is 1. The second-order valence-corrected chi connectivity index (χ2v) is 7.96. The van der Waals surface area contributed by atoms with E-state index in [9.17, 15) is 5.11 Å². The minimum atomic E-state index is 0. The summed E-state index contributed by atoms with van der Waals surface area (Å²) in [5.74, 6) is 1.23. The molecule has 3 aromatic heterocycles. The second-order valence-electron chi connectivity index (χ2n) is 7.96. The zero-order valence-electron chi connectivity index (χ0n) is 18.2. The highest BCUT2D eigenvalue weighted by atomic mass is 35.5. The van der Waals surface area contributed by atoms with Gasteiger partial charge in [-0.3, -0.25) is 4.98 Å². The quantitative estimate of drug-likeness (QED) is 0.445. The predicted octanol–water partition coefficient (Wildman–Crippen LogP) is 2.63. The van der Waals surface area contributed by atoms with Crippen LogP contribution in [-0.2, 0) is 0 Å². The fourth-order valence-electron chi connectivity index (χ4n) is 3.73. The van der Waals surface area contributed by atoms with Crippen molar-refractivity contribution in [2.45, 2.75) is 19.9 Å². The number of fused-ring (bicyclic) bond motifs is 1. The van der Waals surface area contributed by atoms with Gasteiger partial charge in [-0.15, -0.1) is 35.0 Å². The van der Waals surface area contributed by atoms with Crippen LogP contribution in [0.3, 0.4) is 0 Å². The molecule has 174 valence electrons. The van der Waals surface area contributed by atoms with Crippen LogP contribution in [0.1, 0.15) is 13.8 Å². The zero-order chi connectivity index (χ0) is 21.4. The van der Waals surface area contributed by atoms with E-state index in [0.29, 0.717) is 40.5 Å². The Balaban J connectivity index is 0.00000153. The average molecular weight is 490 g/mol. The van der Waals surface area contributed by atoms with Gasteiger partial charge in [0.25, 0.3) is 0 Å². The molecule has 1 aromatic carbocycles. The fraction of sp³-hybridized carbons (Fsp3) is 0.333. The molecule has 4 aromatic rings. The van der Waals surface area contributed by atoms with Crippen LogP contribution in [0.2, 0.25) is 0 Å². The van der Waals surface area contributed by atoms with E-state index >= 15 is 0 Å². The Kier molecular flexibility index (Phi) is 7.62. The van der Waals surface area contributed by atoms with Crippen molar-refractivity contribution in [3.05, 3.63) is 43.1 Å². The average Bonchev–Trinajstić information content (AvgIpc) is 3.27. The highest BCUT2D eigenvalue weighted by Gasteiger charge is 2.23. The second kappa shape index (κ2) is 10.2. The smallest absolute Gasteiger partial charge is 0.245 e. The van der Waals surface area contributed by atoms with Crippen molar-refractivity contribution in [1.29, 1.82) is 0 Å². The summed E-state index contributed by atoms with van der Waals surface area (Å²) in [5, 5.41) is 26.9. The van der Waals surface area contributed by atoms with Gasteiger partial charge in [-0.2, -0.15) is 5.10 Å². The number of hydrogen-bond donors (Lipinski definition) is 2. The molecule has 2 N–H and O–H groups in total. The van der Waals surface area contributed by atoms with Gasteiger partial charge in [0, 0.05) is 36.8 Å². The molecule has 0 aliphatic carbocycles. The Morgan fingerprint density at radius 1 is 1.06 bits per heavy atom. The molecule has 0 amide bonds. The number of rotatable bonds is 4. The normalized spacial score (nSPS) is 15.8. The third kappa shape index (κ3) is 4.97. The monoisotopic (exact) mass is 489 g/mol. The van der Waals surface area contributed by atoms with Crippen molar-refractivity contribution in [3.63, 3.8) is 0 Å². The minimum absolute atomic E-state index is 0. The molecular weight excluding hydrogens is 465 g/mol. The number of nitrogens with zero attached hydrogens (tertiary/aromatic N) is 8. The molecule has 4 heterocycles. The van der Waals surface area contributed by atoms with E-state index in [2.05, 4.69) is 54.3 Å². The summed E-state index contributed by atoms with van der Waals surface area (Å²) in [7, 11) is 0. The molecular formula is C21H25Cl2N9O. The summed E-state index contributed by atoms with van der Waals surface area (Å²) in [6.07, 6.45) is 6.54. The number of aromatic hydroxyl groups is 1. The molecule has 0 saturated carbocycles. The summed E-state index contributed by atoms with van der Waals surface area (Å²) >= 11 is 0. The third-order valence-electron chi connectivity index (χ3n) is 5.58. The third-order valence-corrected chi connectivity index (χ3v) is 5.58. The summed E-state index contributed by atoms with van der Waals surface area (Å²) in [6.45, 7) is 6.99. The van der Waals surface area contributed by atoms with Crippen LogP contribution >= 0.6 is 24.8 Å². The maximum Gasteiger partial charge on any atom is 0.245 e. The van der Waals surface area contributed by atoms with Crippen LogP contribution in [0.25, 0.3) is 28.2 Å². The van der Waals surface area contributed by atoms with Crippen LogP contribution in [0.15, 0.2) is 43.1 Å². The fourth-order valence-corrected chi connectivity index (χ4v) is 3.73. The minimum Gasteiger partial charge on any atom is -0.507 e. The lowest BCUT2D eigenvalue weighted by molar-refractivity contribution is 0.365. The Labute approximate surface area is 203 Å². The summed E-state index contributed by atoms with van der Waals surface area (Å²) in [5.41, 5.74) is 3.19. The first-order chi connectivity index (χ1) is 15.1. The van der Waals surface area contributed by atoms with E-state index in [1.807, 2.05) is 6.07 Å². The lowest BCUT2D eigenvalue weighted by atomic mass is 10.0. The number of benzene rings is 1. The van der Waals surface area contributed by atoms with Gasteiger partial charge in [-0.1, -0.05) is 19.9 Å². The molecule has 1 atom stereocenters. The molecule has 1 aliphatic rings. The topological polar surface area (TPSA) is 117 Å². The Morgan fingerprint density at radius 3 is 2.64 bits per heavy atom. The number of hydrogen-bond acceptors (Lipinski definition) is 9. The summed E-state index contributed by atoms with van der Waals surface area (Å²) < 4.78 is 1.64. The molecule has 1 aliphatic heterocycles. The standard InChI is InChI=1S/C21H23N9O.2ClH/c1-13(2)17-10-29(6-5-22-17)21-24-8-16(27-28-21)15-4-3-14(7-19(15)31)18-11-30-20(9-23-18)25-12-26-30;;/h3-4,7-9,11-13,17,22,31H,5-6,10H2,1-2H3;2*1H/t17-;;/m1../s1. The molecule has 12 heteroatoms.